The number of anilines is 1. The van der Waals surface area contributed by atoms with Gasteiger partial charge in [0.15, 0.2) is 4.34 Å². The Balaban J connectivity index is 1.73. The molecule has 0 spiro atoms. The molecule has 0 aliphatic rings. The number of H-pyrrole nitrogens is 1. The van der Waals surface area contributed by atoms with Crippen LogP contribution in [0.1, 0.15) is 19.2 Å². The zero-order valence-electron chi connectivity index (χ0n) is 12.3. The Kier molecular flexibility index (Phi) is 5.14. The molecule has 2 N–H and O–H groups in total. The molecular formula is C14H14ClN5OS2. The summed E-state index contributed by atoms with van der Waals surface area (Å²) in [7, 11) is 0. The Hall–Kier alpha value is -1.64. The Morgan fingerprint density at radius 1 is 1.39 bits per heavy atom. The third-order valence-corrected chi connectivity index (χ3v) is 5.24. The summed E-state index contributed by atoms with van der Waals surface area (Å²) in [6, 6.07) is 5.10. The number of halogens is 1. The highest BCUT2D eigenvalue weighted by atomic mass is 35.5. The fourth-order valence-electron chi connectivity index (χ4n) is 1.93. The smallest absolute Gasteiger partial charge is 0.258 e. The zero-order valence-corrected chi connectivity index (χ0v) is 14.7. The first-order valence-electron chi connectivity index (χ1n) is 7.04. The maximum Gasteiger partial charge on any atom is 0.258 e. The molecule has 0 amide bonds. The van der Waals surface area contributed by atoms with Gasteiger partial charge < -0.3 is 10.3 Å². The van der Waals surface area contributed by atoms with Crippen LogP contribution in [0, 0.1) is 0 Å². The van der Waals surface area contributed by atoms with E-state index in [1.54, 1.807) is 18.2 Å². The minimum atomic E-state index is -0.185. The lowest BCUT2D eigenvalue weighted by Gasteiger charge is -2.02. The molecule has 0 aliphatic heterocycles. The normalized spacial score (nSPS) is 11.0. The molecule has 0 saturated carbocycles. The first-order chi connectivity index (χ1) is 11.2. The molecule has 0 aliphatic carbocycles. The van der Waals surface area contributed by atoms with Crippen LogP contribution < -0.4 is 10.9 Å². The molecule has 3 rings (SSSR count). The molecule has 0 unspecified atom stereocenters. The zero-order chi connectivity index (χ0) is 16.2. The molecule has 2 heterocycles. The monoisotopic (exact) mass is 367 g/mol. The van der Waals surface area contributed by atoms with Crippen molar-refractivity contribution in [1.29, 1.82) is 0 Å². The van der Waals surface area contributed by atoms with E-state index in [-0.39, 0.29) is 5.56 Å². The molecule has 1 aromatic carbocycles. The van der Waals surface area contributed by atoms with E-state index in [9.17, 15) is 4.79 Å². The summed E-state index contributed by atoms with van der Waals surface area (Å²) in [6.07, 6.45) is 1.04. The molecule has 0 bridgehead atoms. The fraction of sp³-hybridized carbons (Fsp3) is 0.286. The summed E-state index contributed by atoms with van der Waals surface area (Å²) in [4.78, 5) is 19.3. The number of rotatable bonds is 6. The number of benzene rings is 1. The van der Waals surface area contributed by atoms with Crippen molar-refractivity contribution in [3.05, 3.63) is 39.4 Å². The molecule has 0 atom stereocenters. The van der Waals surface area contributed by atoms with Gasteiger partial charge in [0.25, 0.3) is 5.56 Å². The first-order valence-corrected chi connectivity index (χ1v) is 9.22. The van der Waals surface area contributed by atoms with E-state index < -0.39 is 0 Å². The highest BCUT2D eigenvalue weighted by Crippen LogP contribution is 2.27. The van der Waals surface area contributed by atoms with Crippen LogP contribution in [0.5, 0.6) is 0 Å². The first kappa shape index (κ1) is 16.2. The molecular weight excluding hydrogens is 354 g/mol. The number of aromatic amines is 1. The van der Waals surface area contributed by atoms with Crippen molar-refractivity contribution in [2.24, 2.45) is 0 Å². The van der Waals surface area contributed by atoms with Crippen LogP contribution in [0.4, 0.5) is 5.13 Å². The second-order valence-electron chi connectivity index (χ2n) is 4.76. The Labute approximate surface area is 145 Å². The van der Waals surface area contributed by atoms with Crippen LogP contribution >= 0.6 is 34.7 Å². The molecule has 0 radical (unpaired) electrons. The summed E-state index contributed by atoms with van der Waals surface area (Å²) in [5, 5.41) is 13.2. The van der Waals surface area contributed by atoms with Gasteiger partial charge in [-0.15, -0.1) is 10.2 Å². The van der Waals surface area contributed by atoms with E-state index in [1.807, 2.05) is 0 Å². The molecule has 23 heavy (non-hydrogen) atoms. The van der Waals surface area contributed by atoms with E-state index in [0.717, 1.165) is 22.4 Å². The third kappa shape index (κ3) is 4.01. The number of nitrogens with zero attached hydrogens (tertiary/aromatic N) is 3. The predicted octanol–water partition coefficient (Wildman–Crippen LogP) is 3.54. The average Bonchev–Trinajstić information content (AvgIpc) is 2.99. The topological polar surface area (TPSA) is 83.6 Å². The van der Waals surface area contributed by atoms with Crippen LogP contribution in [-0.4, -0.2) is 26.7 Å². The molecule has 9 heteroatoms. The van der Waals surface area contributed by atoms with Gasteiger partial charge in [-0.3, -0.25) is 4.79 Å². The van der Waals surface area contributed by atoms with Gasteiger partial charge in [-0.1, -0.05) is 41.6 Å². The standard InChI is InChI=1S/C14H14ClN5OS2/c1-2-5-16-13-19-20-14(23-13)22-7-11-17-10-4-3-8(15)6-9(10)12(21)18-11/h3-4,6H,2,5,7H2,1H3,(H,16,19)(H,17,18,21). The van der Waals surface area contributed by atoms with Gasteiger partial charge in [0, 0.05) is 11.6 Å². The van der Waals surface area contributed by atoms with Gasteiger partial charge in [-0.25, -0.2) is 4.98 Å². The minimum absolute atomic E-state index is 0.185. The van der Waals surface area contributed by atoms with Crippen molar-refractivity contribution in [3.8, 4) is 0 Å². The van der Waals surface area contributed by atoms with E-state index in [2.05, 4.69) is 32.4 Å². The molecule has 120 valence electrons. The van der Waals surface area contributed by atoms with Crippen molar-refractivity contribution in [3.63, 3.8) is 0 Å². The van der Waals surface area contributed by atoms with E-state index in [1.165, 1.54) is 23.1 Å². The maximum atomic E-state index is 12.1. The van der Waals surface area contributed by atoms with E-state index in [4.69, 9.17) is 11.6 Å². The lowest BCUT2D eigenvalue weighted by Crippen LogP contribution is -2.11. The van der Waals surface area contributed by atoms with Gasteiger partial charge in [-0.2, -0.15) is 0 Å². The Morgan fingerprint density at radius 2 is 2.26 bits per heavy atom. The van der Waals surface area contributed by atoms with Crippen LogP contribution in [0.25, 0.3) is 10.9 Å². The number of aromatic nitrogens is 4. The van der Waals surface area contributed by atoms with Crippen LogP contribution in [0.3, 0.4) is 0 Å². The summed E-state index contributed by atoms with van der Waals surface area (Å²) in [5.74, 6) is 1.13. The van der Waals surface area contributed by atoms with Crippen LogP contribution in [0.15, 0.2) is 27.3 Å². The lowest BCUT2D eigenvalue weighted by molar-refractivity contribution is 0.950. The van der Waals surface area contributed by atoms with Gasteiger partial charge >= 0.3 is 0 Å². The van der Waals surface area contributed by atoms with Gasteiger partial charge in [-0.05, 0) is 24.6 Å². The highest BCUT2D eigenvalue weighted by molar-refractivity contribution is 8.00. The summed E-state index contributed by atoms with van der Waals surface area (Å²) in [5.41, 5.74) is 0.451. The molecule has 2 aromatic heterocycles. The fourth-order valence-corrected chi connectivity index (χ4v) is 3.75. The molecule has 0 fully saturated rings. The molecule has 0 saturated heterocycles. The van der Waals surface area contributed by atoms with Gasteiger partial charge in [0.05, 0.1) is 16.7 Å². The van der Waals surface area contributed by atoms with Crippen molar-refractivity contribution >= 4 is 50.7 Å². The number of thioether (sulfide) groups is 1. The largest absolute Gasteiger partial charge is 0.360 e. The highest BCUT2D eigenvalue weighted by Gasteiger charge is 2.08. The van der Waals surface area contributed by atoms with Crippen molar-refractivity contribution in [2.75, 3.05) is 11.9 Å². The molecule has 3 aromatic rings. The van der Waals surface area contributed by atoms with E-state index in [0.29, 0.717) is 27.5 Å². The Morgan fingerprint density at radius 3 is 3.09 bits per heavy atom. The van der Waals surface area contributed by atoms with Crippen molar-refractivity contribution in [2.45, 2.75) is 23.4 Å². The summed E-state index contributed by atoms with van der Waals surface area (Å²) in [6.45, 7) is 2.97. The maximum absolute atomic E-state index is 12.1. The number of fused-ring (bicyclic) bond motifs is 1. The summed E-state index contributed by atoms with van der Waals surface area (Å²) < 4.78 is 0.836. The minimum Gasteiger partial charge on any atom is -0.360 e. The number of nitrogens with one attached hydrogen (secondary N) is 2. The van der Waals surface area contributed by atoms with Gasteiger partial charge in [0.2, 0.25) is 5.13 Å². The van der Waals surface area contributed by atoms with Gasteiger partial charge in [0.1, 0.15) is 5.82 Å². The predicted molar refractivity (Wildman–Crippen MR) is 95.6 cm³/mol. The second kappa shape index (κ2) is 7.29. The van der Waals surface area contributed by atoms with Crippen molar-refractivity contribution < 1.29 is 0 Å². The summed E-state index contributed by atoms with van der Waals surface area (Å²) >= 11 is 8.89. The van der Waals surface area contributed by atoms with E-state index >= 15 is 0 Å². The third-order valence-electron chi connectivity index (χ3n) is 2.98. The lowest BCUT2D eigenvalue weighted by atomic mass is 10.2. The second-order valence-corrected chi connectivity index (χ2v) is 7.40. The number of hydrogen-bond acceptors (Lipinski definition) is 7. The number of hydrogen-bond donors (Lipinski definition) is 2. The quantitative estimate of drug-likeness (QED) is 0.648. The average molecular weight is 368 g/mol. The Bertz CT molecular complexity index is 879. The SMILES string of the molecule is CCCNc1nnc(SCc2nc3ccc(Cl)cc3c(=O)[nH]2)s1. The van der Waals surface area contributed by atoms with Crippen LogP contribution in [0.2, 0.25) is 5.02 Å². The van der Waals surface area contributed by atoms with Crippen molar-refractivity contribution in [1.82, 2.24) is 20.2 Å². The molecule has 6 nitrogen and oxygen atoms in total. The van der Waals surface area contributed by atoms with Crippen LogP contribution in [-0.2, 0) is 5.75 Å².